The lowest BCUT2D eigenvalue weighted by Gasteiger charge is -2.22. The lowest BCUT2D eigenvalue weighted by molar-refractivity contribution is -0.125. The lowest BCUT2D eigenvalue weighted by atomic mass is 10.1. The molecule has 0 aromatic carbocycles. The molecule has 1 aliphatic rings. The first-order valence-corrected chi connectivity index (χ1v) is 8.60. The minimum absolute atomic E-state index is 0.0645. The molecule has 26 heavy (non-hydrogen) atoms. The van der Waals surface area contributed by atoms with Crippen LogP contribution in [-0.2, 0) is 11.3 Å². The second-order valence-corrected chi connectivity index (χ2v) is 6.29. The van der Waals surface area contributed by atoms with Gasteiger partial charge in [-0.2, -0.15) is 0 Å². The van der Waals surface area contributed by atoms with Crippen LogP contribution in [0.3, 0.4) is 0 Å². The van der Waals surface area contributed by atoms with Crippen LogP contribution >= 0.6 is 0 Å². The highest BCUT2D eigenvalue weighted by Gasteiger charge is 2.37. The number of nitrogens with zero attached hydrogens (tertiary/aromatic N) is 1. The van der Waals surface area contributed by atoms with Crippen molar-refractivity contribution in [1.29, 1.82) is 0 Å². The van der Waals surface area contributed by atoms with Crippen LogP contribution in [0.15, 0.2) is 46.1 Å². The summed E-state index contributed by atoms with van der Waals surface area (Å²) >= 11 is 0. The number of likely N-dealkylation sites (N-methyl/N-ethyl adjacent to an activating group) is 1. The lowest BCUT2D eigenvalue weighted by Crippen LogP contribution is -2.42. The van der Waals surface area contributed by atoms with Gasteiger partial charge in [0.2, 0.25) is 5.91 Å². The first-order chi connectivity index (χ1) is 12.6. The smallest absolute Gasteiger partial charge is 0.260 e. The number of hydrogen-bond acceptors (Lipinski definition) is 5. The van der Waals surface area contributed by atoms with E-state index in [1.165, 1.54) is 12.3 Å². The SMILES string of the molecule is CCNC(=O)[C@@H]1C[C@H](NC(=O)c2ccc[nH]c2=O)CN1Cc1ccoc1. The van der Waals surface area contributed by atoms with E-state index in [1.807, 2.05) is 17.9 Å². The fraction of sp³-hybridized carbons (Fsp3) is 0.389. The zero-order chi connectivity index (χ0) is 18.5. The number of aromatic nitrogens is 1. The molecule has 2 aromatic rings. The van der Waals surface area contributed by atoms with Crippen LogP contribution in [0.5, 0.6) is 0 Å². The molecule has 2 atom stereocenters. The third-order valence-corrected chi connectivity index (χ3v) is 4.42. The Kier molecular flexibility index (Phi) is 5.52. The first kappa shape index (κ1) is 17.9. The Balaban J connectivity index is 1.70. The Bertz CT molecular complexity index is 815. The molecule has 0 spiro atoms. The quantitative estimate of drug-likeness (QED) is 0.696. The molecule has 0 aliphatic carbocycles. The molecule has 1 aliphatic heterocycles. The van der Waals surface area contributed by atoms with Gasteiger partial charge in [0.1, 0.15) is 5.56 Å². The largest absolute Gasteiger partial charge is 0.472 e. The third-order valence-electron chi connectivity index (χ3n) is 4.42. The predicted molar refractivity (Wildman–Crippen MR) is 94.5 cm³/mol. The zero-order valence-electron chi connectivity index (χ0n) is 14.5. The van der Waals surface area contributed by atoms with Gasteiger partial charge in [0.15, 0.2) is 0 Å². The fourth-order valence-electron chi connectivity index (χ4n) is 3.23. The van der Waals surface area contributed by atoms with Gasteiger partial charge in [0.25, 0.3) is 11.5 Å². The normalized spacial score (nSPS) is 20.0. The molecule has 138 valence electrons. The average Bonchev–Trinajstić information content (AvgIpc) is 3.26. The maximum atomic E-state index is 12.4. The molecule has 1 fully saturated rings. The summed E-state index contributed by atoms with van der Waals surface area (Å²) in [7, 11) is 0. The number of nitrogens with one attached hydrogen (secondary N) is 3. The van der Waals surface area contributed by atoms with Crippen LogP contribution in [0.2, 0.25) is 0 Å². The molecule has 0 unspecified atom stereocenters. The van der Waals surface area contributed by atoms with E-state index in [9.17, 15) is 14.4 Å². The number of H-pyrrole nitrogens is 1. The molecule has 3 heterocycles. The standard InChI is InChI=1S/C18H22N4O4/c1-2-19-18(25)15-8-13(10-22(15)9-12-5-7-26-11-12)21-17(24)14-4-3-6-20-16(14)23/h3-7,11,13,15H,2,8-10H2,1H3,(H,19,25)(H,20,23)(H,21,24)/t13-,15-/m0/s1. The van der Waals surface area contributed by atoms with Crippen LogP contribution in [-0.4, -0.2) is 46.9 Å². The van der Waals surface area contributed by atoms with Crippen molar-refractivity contribution in [2.45, 2.75) is 32.0 Å². The Morgan fingerprint density at radius 2 is 2.23 bits per heavy atom. The van der Waals surface area contributed by atoms with E-state index in [4.69, 9.17) is 4.42 Å². The van der Waals surface area contributed by atoms with Crippen molar-refractivity contribution in [3.8, 4) is 0 Å². The van der Waals surface area contributed by atoms with E-state index in [2.05, 4.69) is 15.6 Å². The molecule has 8 heteroatoms. The molecule has 0 radical (unpaired) electrons. The van der Waals surface area contributed by atoms with Crippen molar-refractivity contribution in [3.63, 3.8) is 0 Å². The highest BCUT2D eigenvalue weighted by atomic mass is 16.3. The monoisotopic (exact) mass is 358 g/mol. The van der Waals surface area contributed by atoms with Gasteiger partial charge in [-0.25, -0.2) is 0 Å². The van der Waals surface area contributed by atoms with E-state index in [-0.39, 0.29) is 23.6 Å². The molecule has 2 aromatic heterocycles. The zero-order valence-corrected chi connectivity index (χ0v) is 14.5. The summed E-state index contributed by atoms with van der Waals surface area (Å²) < 4.78 is 5.10. The summed E-state index contributed by atoms with van der Waals surface area (Å²) in [6, 6.07) is 4.37. The molecule has 0 saturated carbocycles. The van der Waals surface area contributed by atoms with Crippen LogP contribution < -0.4 is 16.2 Å². The van der Waals surface area contributed by atoms with Crippen molar-refractivity contribution < 1.29 is 14.0 Å². The number of likely N-dealkylation sites (tertiary alicyclic amines) is 1. The first-order valence-electron chi connectivity index (χ1n) is 8.60. The van der Waals surface area contributed by atoms with Crippen molar-refractivity contribution in [3.05, 3.63) is 58.4 Å². The van der Waals surface area contributed by atoms with Crippen LogP contribution in [0.4, 0.5) is 0 Å². The van der Waals surface area contributed by atoms with E-state index in [0.717, 1.165) is 5.56 Å². The number of rotatable bonds is 6. The van der Waals surface area contributed by atoms with Gasteiger partial charge in [-0.1, -0.05) is 0 Å². The number of carbonyl (C=O) groups is 2. The summed E-state index contributed by atoms with van der Waals surface area (Å²) in [5.74, 6) is -0.498. The minimum atomic E-state index is -0.434. The predicted octanol–water partition coefficient (Wildman–Crippen LogP) is 0.477. The molecular weight excluding hydrogens is 336 g/mol. The average molecular weight is 358 g/mol. The Hall–Kier alpha value is -2.87. The maximum absolute atomic E-state index is 12.4. The molecule has 3 N–H and O–H groups in total. The number of hydrogen-bond donors (Lipinski definition) is 3. The van der Waals surface area contributed by atoms with Crippen molar-refractivity contribution in [2.75, 3.05) is 13.1 Å². The fourth-order valence-corrected chi connectivity index (χ4v) is 3.23. The van der Waals surface area contributed by atoms with Gasteiger partial charge in [-0.3, -0.25) is 19.3 Å². The van der Waals surface area contributed by atoms with Gasteiger partial charge < -0.3 is 20.0 Å². The number of aromatic amines is 1. The van der Waals surface area contributed by atoms with Crippen molar-refractivity contribution in [2.24, 2.45) is 0 Å². The Labute approximate surface area is 150 Å². The topological polar surface area (TPSA) is 107 Å². The summed E-state index contributed by atoms with van der Waals surface area (Å²) in [4.78, 5) is 41.0. The minimum Gasteiger partial charge on any atom is -0.472 e. The van der Waals surface area contributed by atoms with Crippen molar-refractivity contribution in [1.82, 2.24) is 20.5 Å². The van der Waals surface area contributed by atoms with Crippen LogP contribution in [0, 0.1) is 0 Å². The summed E-state index contributed by atoms with van der Waals surface area (Å²) in [6.45, 7) is 3.49. The second-order valence-electron chi connectivity index (χ2n) is 6.29. The Morgan fingerprint density at radius 1 is 1.38 bits per heavy atom. The van der Waals surface area contributed by atoms with Crippen molar-refractivity contribution >= 4 is 11.8 Å². The highest BCUT2D eigenvalue weighted by Crippen LogP contribution is 2.21. The van der Waals surface area contributed by atoms with E-state index >= 15 is 0 Å². The molecule has 0 bridgehead atoms. The molecule has 1 saturated heterocycles. The van der Waals surface area contributed by atoms with Gasteiger partial charge >= 0.3 is 0 Å². The van der Waals surface area contributed by atoms with Crippen LogP contribution in [0.1, 0.15) is 29.3 Å². The van der Waals surface area contributed by atoms with E-state index < -0.39 is 11.5 Å². The maximum Gasteiger partial charge on any atom is 0.260 e. The summed E-state index contributed by atoms with van der Waals surface area (Å²) in [5, 5.41) is 5.71. The van der Waals surface area contributed by atoms with E-state index in [1.54, 1.807) is 18.6 Å². The summed E-state index contributed by atoms with van der Waals surface area (Å²) in [5.41, 5.74) is 0.597. The molecular formula is C18H22N4O4. The number of amides is 2. The molecule has 3 rings (SSSR count). The van der Waals surface area contributed by atoms with Crippen LogP contribution in [0.25, 0.3) is 0 Å². The molecule has 2 amide bonds. The number of pyridine rings is 1. The number of carbonyl (C=O) groups excluding carboxylic acids is 2. The number of furan rings is 1. The van der Waals surface area contributed by atoms with Gasteiger partial charge in [-0.05, 0) is 31.5 Å². The van der Waals surface area contributed by atoms with Gasteiger partial charge in [-0.15, -0.1) is 0 Å². The highest BCUT2D eigenvalue weighted by molar-refractivity contribution is 5.94. The van der Waals surface area contributed by atoms with Gasteiger partial charge in [0.05, 0.1) is 18.6 Å². The second kappa shape index (κ2) is 8.01. The third kappa shape index (κ3) is 4.02. The summed E-state index contributed by atoms with van der Waals surface area (Å²) in [6.07, 6.45) is 5.20. The molecule has 8 nitrogen and oxygen atoms in total. The van der Waals surface area contributed by atoms with Gasteiger partial charge in [0, 0.05) is 37.4 Å². The Morgan fingerprint density at radius 3 is 2.92 bits per heavy atom. The van der Waals surface area contributed by atoms with E-state index in [0.29, 0.717) is 26.1 Å².